The monoisotopic (exact) mass is 356 g/mol. The van der Waals surface area contributed by atoms with E-state index in [2.05, 4.69) is 13.8 Å². The molecule has 0 radical (unpaired) electrons. The number of rotatable bonds is 16. The summed E-state index contributed by atoms with van der Waals surface area (Å²) in [6.07, 6.45) is 10.0. The third-order valence-corrected chi connectivity index (χ3v) is 4.40. The van der Waals surface area contributed by atoms with Gasteiger partial charge in [0.15, 0.2) is 5.78 Å². The van der Waals surface area contributed by atoms with Crippen molar-refractivity contribution in [3.05, 3.63) is 11.3 Å². The second-order valence-corrected chi connectivity index (χ2v) is 6.73. The Balaban J connectivity index is 4.43. The molecule has 146 valence electrons. The number of unbranched alkanes of at least 4 members (excludes halogenated alkanes) is 9. The van der Waals surface area contributed by atoms with Gasteiger partial charge in [0, 0.05) is 6.42 Å². The van der Waals surface area contributed by atoms with Crippen LogP contribution < -0.4 is 0 Å². The molecule has 5 nitrogen and oxygen atoms in total. The van der Waals surface area contributed by atoms with E-state index in [0.29, 0.717) is 12.8 Å². The van der Waals surface area contributed by atoms with Crippen molar-refractivity contribution in [3.63, 3.8) is 0 Å². The summed E-state index contributed by atoms with van der Waals surface area (Å²) >= 11 is 0. The van der Waals surface area contributed by atoms with Gasteiger partial charge in [0.25, 0.3) is 0 Å². The molecule has 0 fully saturated rings. The van der Waals surface area contributed by atoms with Crippen molar-refractivity contribution in [2.75, 3.05) is 0 Å². The molecule has 1 unspecified atom stereocenters. The van der Waals surface area contributed by atoms with Gasteiger partial charge in [0.1, 0.15) is 17.4 Å². The number of carbonyl (C=O) groups excluding carboxylic acids is 1. The van der Waals surface area contributed by atoms with E-state index in [-0.39, 0.29) is 12.8 Å². The quantitative estimate of drug-likeness (QED) is 0.120. The van der Waals surface area contributed by atoms with Crippen molar-refractivity contribution in [2.45, 2.75) is 103 Å². The first-order chi connectivity index (χ1) is 12.0. The molecule has 3 N–H and O–H groups in total. The molecule has 0 aliphatic carbocycles. The van der Waals surface area contributed by atoms with Crippen LogP contribution in [0.3, 0.4) is 0 Å². The lowest BCUT2D eigenvalue weighted by molar-refractivity contribution is -0.135. The van der Waals surface area contributed by atoms with E-state index in [0.717, 1.165) is 38.5 Å². The van der Waals surface area contributed by atoms with Crippen LogP contribution in [-0.2, 0) is 9.59 Å². The van der Waals surface area contributed by atoms with E-state index in [1.165, 1.54) is 19.3 Å². The second kappa shape index (κ2) is 14.9. The zero-order chi connectivity index (χ0) is 19.1. The summed E-state index contributed by atoms with van der Waals surface area (Å²) in [6, 6.07) is 0. The summed E-state index contributed by atoms with van der Waals surface area (Å²) in [5.41, 5.74) is -0.644. The van der Waals surface area contributed by atoms with Crippen LogP contribution in [0.5, 0.6) is 0 Å². The molecule has 5 heteroatoms. The number of ketones is 1. The first kappa shape index (κ1) is 23.6. The minimum absolute atomic E-state index is 0.0992. The van der Waals surface area contributed by atoms with Crippen molar-refractivity contribution < 1.29 is 24.9 Å². The van der Waals surface area contributed by atoms with E-state index in [9.17, 15) is 24.9 Å². The van der Waals surface area contributed by atoms with Crippen LogP contribution in [0, 0.1) is 0 Å². The molecule has 0 amide bonds. The summed E-state index contributed by atoms with van der Waals surface area (Å²) in [7, 11) is 0. The predicted molar refractivity (Wildman–Crippen MR) is 99.7 cm³/mol. The van der Waals surface area contributed by atoms with Crippen molar-refractivity contribution in [1.29, 1.82) is 0 Å². The minimum Gasteiger partial charge on any atom is -0.509 e. The van der Waals surface area contributed by atoms with Gasteiger partial charge in [0.05, 0.1) is 0 Å². The SMILES string of the molecule is CCCCCCCCCC(=O)C(C(=O)O)=C(O)C(O)CCCCCC. The normalized spacial score (nSPS) is 13.4. The Kier molecular flexibility index (Phi) is 14.1. The van der Waals surface area contributed by atoms with E-state index < -0.39 is 29.2 Å². The van der Waals surface area contributed by atoms with Crippen LogP contribution in [0.2, 0.25) is 0 Å². The van der Waals surface area contributed by atoms with Gasteiger partial charge in [-0.15, -0.1) is 0 Å². The van der Waals surface area contributed by atoms with Crippen LogP contribution in [0.15, 0.2) is 11.3 Å². The van der Waals surface area contributed by atoms with Gasteiger partial charge >= 0.3 is 5.97 Å². The van der Waals surface area contributed by atoms with Crippen LogP contribution in [0.25, 0.3) is 0 Å². The molecule has 0 saturated carbocycles. The second-order valence-electron chi connectivity index (χ2n) is 6.73. The molecule has 0 bridgehead atoms. The summed E-state index contributed by atoms with van der Waals surface area (Å²) < 4.78 is 0. The highest BCUT2D eigenvalue weighted by Gasteiger charge is 2.26. The number of hydrogen-bond donors (Lipinski definition) is 3. The van der Waals surface area contributed by atoms with Crippen LogP contribution in [-0.4, -0.2) is 33.2 Å². The Bertz CT molecular complexity index is 414. The average Bonchev–Trinajstić information content (AvgIpc) is 2.57. The van der Waals surface area contributed by atoms with Crippen molar-refractivity contribution >= 4 is 11.8 Å². The number of Topliss-reactive ketones (excluding diaryl/α,β-unsaturated/α-hetero) is 1. The lowest BCUT2D eigenvalue weighted by Crippen LogP contribution is -2.21. The smallest absolute Gasteiger partial charge is 0.342 e. The fraction of sp³-hybridized carbons (Fsp3) is 0.800. The highest BCUT2D eigenvalue weighted by Crippen LogP contribution is 2.17. The summed E-state index contributed by atoms with van der Waals surface area (Å²) in [5, 5.41) is 29.2. The first-order valence-corrected chi connectivity index (χ1v) is 9.83. The highest BCUT2D eigenvalue weighted by atomic mass is 16.4. The minimum atomic E-state index is -1.46. The molecule has 0 rings (SSSR count). The highest BCUT2D eigenvalue weighted by molar-refractivity contribution is 6.17. The van der Waals surface area contributed by atoms with Gasteiger partial charge in [-0.3, -0.25) is 4.79 Å². The van der Waals surface area contributed by atoms with Crippen molar-refractivity contribution in [2.24, 2.45) is 0 Å². The molecular formula is C20H36O5. The summed E-state index contributed by atoms with van der Waals surface area (Å²) in [5.74, 6) is -2.74. The molecule has 0 aliphatic heterocycles. The molecule has 0 aromatic carbocycles. The van der Waals surface area contributed by atoms with Crippen LogP contribution >= 0.6 is 0 Å². The third kappa shape index (κ3) is 11.0. The summed E-state index contributed by atoms with van der Waals surface area (Å²) in [6.45, 7) is 4.22. The first-order valence-electron chi connectivity index (χ1n) is 9.83. The molecule has 0 spiro atoms. The molecule has 0 saturated heterocycles. The molecule has 0 aromatic heterocycles. The van der Waals surface area contributed by atoms with Crippen LogP contribution in [0.1, 0.15) is 97.3 Å². The van der Waals surface area contributed by atoms with E-state index in [1.54, 1.807) is 0 Å². The predicted octanol–water partition coefficient (Wildman–Crippen LogP) is 4.92. The largest absolute Gasteiger partial charge is 0.509 e. The van der Waals surface area contributed by atoms with Gasteiger partial charge in [0.2, 0.25) is 0 Å². The molecule has 0 aromatic rings. The maximum Gasteiger partial charge on any atom is 0.342 e. The number of aliphatic hydroxyl groups is 2. The lowest BCUT2D eigenvalue weighted by Gasteiger charge is -2.12. The van der Waals surface area contributed by atoms with Crippen molar-refractivity contribution in [3.8, 4) is 0 Å². The number of carbonyl (C=O) groups is 2. The standard InChI is InChI=1S/C20H36O5/c1-3-5-7-9-10-11-13-14-16(21)18(20(24)25)19(23)17(22)15-12-8-6-4-2/h17,22-23H,3-15H2,1-2H3,(H,24,25). The maximum absolute atomic E-state index is 12.1. The Hall–Kier alpha value is -1.36. The molecule has 0 heterocycles. The number of carboxylic acids is 1. The fourth-order valence-corrected chi connectivity index (χ4v) is 2.81. The number of aliphatic carboxylic acids is 1. The molecule has 25 heavy (non-hydrogen) atoms. The van der Waals surface area contributed by atoms with E-state index in [4.69, 9.17) is 0 Å². The van der Waals surface area contributed by atoms with E-state index >= 15 is 0 Å². The zero-order valence-corrected chi connectivity index (χ0v) is 15.9. The van der Waals surface area contributed by atoms with Gasteiger partial charge in [-0.05, 0) is 12.8 Å². The van der Waals surface area contributed by atoms with Gasteiger partial charge < -0.3 is 15.3 Å². The van der Waals surface area contributed by atoms with Gasteiger partial charge in [-0.1, -0.05) is 78.1 Å². The Morgan fingerprint density at radius 2 is 1.24 bits per heavy atom. The van der Waals surface area contributed by atoms with E-state index in [1.807, 2.05) is 0 Å². The molecule has 1 atom stereocenters. The molecule has 0 aliphatic rings. The van der Waals surface area contributed by atoms with Gasteiger partial charge in [-0.25, -0.2) is 4.79 Å². The number of hydrogen-bond acceptors (Lipinski definition) is 4. The Morgan fingerprint density at radius 3 is 1.76 bits per heavy atom. The zero-order valence-electron chi connectivity index (χ0n) is 15.9. The Labute approximate surface area is 152 Å². The number of carboxylic acid groups (broad SMARTS) is 1. The summed E-state index contributed by atoms with van der Waals surface area (Å²) in [4.78, 5) is 23.5. The van der Waals surface area contributed by atoms with Crippen LogP contribution in [0.4, 0.5) is 0 Å². The number of aliphatic hydroxyl groups excluding tert-OH is 2. The van der Waals surface area contributed by atoms with Crippen molar-refractivity contribution in [1.82, 2.24) is 0 Å². The lowest BCUT2D eigenvalue weighted by atomic mass is 9.99. The molecular weight excluding hydrogens is 320 g/mol. The van der Waals surface area contributed by atoms with Gasteiger partial charge in [-0.2, -0.15) is 0 Å². The third-order valence-electron chi connectivity index (χ3n) is 4.40. The Morgan fingerprint density at radius 1 is 0.760 bits per heavy atom. The topological polar surface area (TPSA) is 94.8 Å². The average molecular weight is 357 g/mol. The fourth-order valence-electron chi connectivity index (χ4n) is 2.81. The maximum atomic E-state index is 12.1.